The number of amides is 1. The molecule has 0 aromatic carbocycles. The molecule has 0 heterocycles. The van der Waals surface area contributed by atoms with Crippen molar-refractivity contribution in [2.75, 3.05) is 32.9 Å². The second kappa shape index (κ2) is 9.38. The Morgan fingerprint density at radius 2 is 2.12 bits per heavy atom. The lowest BCUT2D eigenvalue weighted by Crippen LogP contribution is -2.33. The third kappa shape index (κ3) is 11.2. The lowest BCUT2D eigenvalue weighted by atomic mass is 10.2. The minimum atomic E-state index is -0.789. The zero-order chi connectivity index (χ0) is 12.4. The fraction of sp³-hybridized carbons (Fsp3) is 0.900. The van der Waals surface area contributed by atoms with Crippen LogP contribution in [0.3, 0.4) is 0 Å². The van der Waals surface area contributed by atoms with Gasteiger partial charge in [0, 0.05) is 19.7 Å². The summed E-state index contributed by atoms with van der Waals surface area (Å²) >= 11 is 0. The van der Waals surface area contributed by atoms with Gasteiger partial charge in [-0.2, -0.15) is 0 Å². The van der Waals surface area contributed by atoms with Crippen molar-refractivity contribution in [3.63, 3.8) is 0 Å². The molecule has 0 saturated heterocycles. The largest absolute Gasteiger partial charge is 0.448 e. The average molecular weight is 234 g/mol. The Morgan fingerprint density at radius 3 is 2.69 bits per heavy atom. The molecule has 0 aliphatic rings. The first-order valence-electron chi connectivity index (χ1n) is 5.41. The van der Waals surface area contributed by atoms with Gasteiger partial charge >= 0.3 is 6.09 Å². The van der Waals surface area contributed by atoms with E-state index in [0.717, 1.165) is 0 Å². The fourth-order valence-electron chi connectivity index (χ4n) is 0.991. The first-order chi connectivity index (χ1) is 7.52. The second-order valence-corrected chi connectivity index (χ2v) is 3.96. The lowest BCUT2D eigenvalue weighted by molar-refractivity contribution is 0.0257. The molecule has 0 rings (SSSR count). The molecule has 0 spiro atoms. The third-order valence-corrected chi connectivity index (χ3v) is 1.66. The van der Waals surface area contributed by atoms with Crippen LogP contribution in [-0.2, 0) is 9.47 Å². The highest BCUT2D eigenvalue weighted by molar-refractivity contribution is 5.64. The Morgan fingerprint density at radius 1 is 1.44 bits per heavy atom. The molecule has 0 bridgehead atoms. The van der Waals surface area contributed by atoms with E-state index >= 15 is 0 Å². The van der Waals surface area contributed by atoms with Gasteiger partial charge in [0.2, 0.25) is 0 Å². The van der Waals surface area contributed by atoms with Gasteiger partial charge in [-0.15, -0.1) is 0 Å². The van der Waals surface area contributed by atoms with Crippen LogP contribution in [-0.4, -0.2) is 50.2 Å². The topological polar surface area (TPSA) is 93.8 Å². The van der Waals surface area contributed by atoms with Crippen LogP contribution in [0.4, 0.5) is 4.79 Å². The van der Waals surface area contributed by atoms with Gasteiger partial charge in [0.15, 0.2) is 0 Å². The molecule has 16 heavy (non-hydrogen) atoms. The first-order valence-corrected chi connectivity index (χ1v) is 5.41. The molecule has 4 N–H and O–H groups in total. The average Bonchev–Trinajstić information content (AvgIpc) is 2.16. The highest BCUT2D eigenvalue weighted by Gasteiger charge is 2.04. The summed E-state index contributed by atoms with van der Waals surface area (Å²) in [7, 11) is 0. The van der Waals surface area contributed by atoms with Crippen molar-refractivity contribution in [1.29, 1.82) is 0 Å². The summed E-state index contributed by atoms with van der Waals surface area (Å²) in [5.41, 5.74) is 4.77. The normalized spacial score (nSPS) is 12.8. The van der Waals surface area contributed by atoms with Gasteiger partial charge in [0.25, 0.3) is 0 Å². The molecule has 0 aliphatic carbocycles. The van der Waals surface area contributed by atoms with E-state index in [-0.39, 0.29) is 6.61 Å². The molecular weight excluding hydrogens is 212 g/mol. The molecular formula is C10H22N2O4. The van der Waals surface area contributed by atoms with Gasteiger partial charge < -0.3 is 25.6 Å². The maximum absolute atomic E-state index is 10.2. The van der Waals surface area contributed by atoms with Crippen molar-refractivity contribution in [2.45, 2.75) is 20.0 Å². The Labute approximate surface area is 96.1 Å². The van der Waals surface area contributed by atoms with Crippen molar-refractivity contribution >= 4 is 6.09 Å². The van der Waals surface area contributed by atoms with E-state index in [2.05, 4.69) is 10.1 Å². The number of hydrogen-bond donors (Lipinski definition) is 3. The third-order valence-electron chi connectivity index (χ3n) is 1.66. The number of carbonyl (C=O) groups is 1. The van der Waals surface area contributed by atoms with Crippen molar-refractivity contribution in [1.82, 2.24) is 5.32 Å². The monoisotopic (exact) mass is 234 g/mol. The number of rotatable bonds is 9. The highest BCUT2D eigenvalue weighted by Crippen LogP contribution is 1.93. The summed E-state index contributed by atoms with van der Waals surface area (Å²) in [4.78, 5) is 10.2. The van der Waals surface area contributed by atoms with Gasteiger partial charge in [0.05, 0.1) is 12.7 Å². The maximum atomic E-state index is 10.2. The molecule has 1 unspecified atom stereocenters. The molecule has 96 valence electrons. The summed E-state index contributed by atoms with van der Waals surface area (Å²) in [5.74, 6) is 0.462. The van der Waals surface area contributed by atoms with E-state index in [4.69, 9.17) is 10.5 Å². The molecule has 0 aromatic heterocycles. The number of nitrogens with one attached hydrogen (secondary N) is 1. The van der Waals surface area contributed by atoms with Gasteiger partial charge in [-0.3, -0.25) is 0 Å². The van der Waals surface area contributed by atoms with Gasteiger partial charge in [-0.05, 0) is 5.92 Å². The number of aliphatic hydroxyl groups excluding tert-OH is 1. The predicted molar refractivity (Wildman–Crippen MR) is 60.1 cm³/mol. The van der Waals surface area contributed by atoms with Crippen LogP contribution < -0.4 is 11.1 Å². The van der Waals surface area contributed by atoms with E-state index < -0.39 is 12.2 Å². The fourth-order valence-corrected chi connectivity index (χ4v) is 0.991. The van der Waals surface area contributed by atoms with Gasteiger partial charge in [0.1, 0.15) is 6.61 Å². The summed E-state index contributed by atoms with van der Waals surface area (Å²) in [5, 5.41) is 12.4. The van der Waals surface area contributed by atoms with Gasteiger partial charge in [-0.1, -0.05) is 13.8 Å². The van der Waals surface area contributed by atoms with E-state index in [1.165, 1.54) is 0 Å². The van der Waals surface area contributed by atoms with E-state index in [9.17, 15) is 9.90 Å². The number of nitrogens with two attached hydrogens (primary N) is 1. The Bertz CT molecular complexity index is 188. The first kappa shape index (κ1) is 15.2. The lowest BCUT2D eigenvalue weighted by Gasteiger charge is -2.13. The number of primary amides is 1. The van der Waals surface area contributed by atoms with Crippen LogP contribution in [0, 0.1) is 5.92 Å². The number of carbonyl (C=O) groups excluding carboxylic acids is 1. The van der Waals surface area contributed by atoms with Crippen LogP contribution in [0.1, 0.15) is 13.8 Å². The van der Waals surface area contributed by atoms with Crippen LogP contribution in [0.5, 0.6) is 0 Å². The molecule has 0 saturated carbocycles. The smallest absolute Gasteiger partial charge is 0.404 e. The Balaban J connectivity index is 3.23. The van der Waals surface area contributed by atoms with Crippen molar-refractivity contribution in [3.05, 3.63) is 0 Å². The number of ether oxygens (including phenoxy) is 2. The Hall–Kier alpha value is -0.850. The highest BCUT2D eigenvalue weighted by atomic mass is 16.5. The van der Waals surface area contributed by atoms with E-state index in [0.29, 0.717) is 32.2 Å². The van der Waals surface area contributed by atoms with Gasteiger partial charge in [-0.25, -0.2) is 4.79 Å². The standard InChI is InChI=1S/C10H22N2O4/c1-8(2)6-15-7-9(13)5-12-3-4-16-10(11)14/h8-9,12-13H,3-7H2,1-2H3,(H2,11,14). The molecule has 0 aliphatic heterocycles. The summed E-state index contributed by atoms with van der Waals surface area (Å²) in [6, 6.07) is 0. The van der Waals surface area contributed by atoms with E-state index in [1.807, 2.05) is 13.8 Å². The Kier molecular flexibility index (Phi) is 8.88. The summed E-state index contributed by atoms with van der Waals surface area (Å²) in [6.45, 7) is 6.11. The molecule has 1 atom stereocenters. The maximum Gasteiger partial charge on any atom is 0.404 e. The molecule has 0 radical (unpaired) electrons. The quantitative estimate of drug-likeness (QED) is 0.476. The summed E-state index contributed by atoms with van der Waals surface area (Å²) < 4.78 is 9.76. The summed E-state index contributed by atoms with van der Waals surface area (Å²) in [6.07, 6.45) is -1.34. The van der Waals surface area contributed by atoms with Crippen molar-refractivity contribution in [3.8, 4) is 0 Å². The predicted octanol–water partition coefficient (Wildman–Crippen LogP) is -0.295. The zero-order valence-electron chi connectivity index (χ0n) is 9.94. The SMILES string of the molecule is CC(C)COCC(O)CNCCOC(N)=O. The molecule has 0 aromatic rings. The van der Waals surface area contributed by atoms with Crippen LogP contribution in [0.2, 0.25) is 0 Å². The van der Waals surface area contributed by atoms with Crippen molar-refractivity contribution < 1.29 is 19.4 Å². The zero-order valence-corrected chi connectivity index (χ0v) is 9.94. The molecule has 0 fully saturated rings. The number of hydrogen-bond acceptors (Lipinski definition) is 5. The van der Waals surface area contributed by atoms with Crippen LogP contribution in [0.15, 0.2) is 0 Å². The molecule has 1 amide bonds. The minimum Gasteiger partial charge on any atom is -0.448 e. The molecule has 6 nitrogen and oxygen atoms in total. The van der Waals surface area contributed by atoms with Crippen LogP contribution >= 0.6 is 0 Å². The second-order valence-electron chi connectivity index (χ2n) is 3.96. The minimum absolute atomic E-state index is 0.203. The molecule has 6 heteroatoms. The van der Waals surface area contributed by atoms with Crippen LogP contribution in [0.25, 0.3) is 0 Å². The number of aliphatic hydroxyl groups is 1. The van der Waals surface area contributed by atoms with E-state index in [1.54, 1.807) is 0 Å². The van der Waals surface area contributed by atoms with Crippen molar-refractivity contribution in [2.24, 2.45) is 11.7 Å².